The Labute approximate surface area is 752 Å². The molecule has 17 N–H and O–H groups in total. The van der Waals surface area contributed by atoms with E-state index in [1.807, 2.05) is 20.8 Å². The molecule has 0 aliphatic rings. The van der Waals surface area contributed by atoms with Gasteiger partial charge in [-0.05, 0) is 89.4 Å². The Morgan fingerprint density at radius 1 is 0.442 bits per heavy atom. The van der Waals surface area contributed by atoms with E-state index in [9.17, 15) is 78.0 Å². The molecular weight excluding hydrogens is 1680 g/mol. The smallest absolute Gasteiger partial charge is 0.305 e. The number of rotatable bonds is 51. The number of para-hydroxylation sites is 1. The lowest BCUT2D eigenvalue weighted by molar-refractivity contribution is -0.151. The number of fused-ring (bicyclic) bond motifs is 1. The number of carbonyl (C=O) groups excluding carboxylic acids is 15. The van der Waals surface area contributed by atoms with Gasteiger partial charge in [0.25, 0.3) is 0 Å². The first kappa shape index (κ1) is 102. The number of amides is 15. The van der Waals surface area contributed by atoms with Gasteiger partial charge < -0.3 is 104 Å². The molecule has 0 saturated heterocycles. The molecule has 0 radical (unpaired) electrons. The number of carboxylic acids is 1. The van der Waals surface area contributed by atoms with Crippen molar-refractivity contribution < 1.29 is 97.1 Å². The number of hydrogen-bond donors (Lipinski definition) is 15. The molecule has 6 aromatic carbocycles. The number of carbonyl (C=O) groups is 16. The summed E-state index contributed by atoms with van der Waals surface area (Å²) in [6.07, 6.45) is -1.27. The number of benzene rings is 6. The third-order valence-electron chi connectivity index (χ3n) is 21.5. The van der Waals surface area contributed by atoms with E-state index >= 15 is 19.2 Å². The molecule has 0 saturated carbocycles. The highest BCUT2D eigenvalue weighted by molar-refractivity contribution is 7.99. The number of thioether (sulfide) groups is 1. The van der Waals surface area contributed by atoms with E-state index in [2.05, 4.69) is 47.5 Å². The average Bonchev–Trinajstić information content (AvgIpc) is 1.37. The number of aliphatic hydroxyl groups is 1. The molecule has 0 spiro atoms. The SMILES string of the molecule is CCCC[C@@H](C(=O)N(C)CC(=O)N[C@@H](CC(=O)O)C(=O)N[C@H](C(=O)N(C)[C@@H](Cc1ccccc1)C(=O)N[C@@H](Cc1ccc(O)cc1)C(=O)N(C)CC(=O)N[C@@H](Cc1c[nH]c2ccccc12)C(=O)N[C@@H](Cc1ccc(O)cc1)C(=O)N[C@@H](CC(C)C)C(N)=O)[C@@H](C)O)N(C)C(=O)[C@H](Cc1ccccc1)N(C)C(=O)[C@H](Cc1ccccc1)NC(=O)CSCCC(=O)NCC(N)=O. The number of aromatic nitrogens is 1. The number of phenols is 2. The molecular formula is C92H118N16O20S. The van der Waals surface area contributed by atoms with Gasteiger partial charge in [-0.3, -0.25) is 76.7 Å². The molecule has 0 aliphatic heterocycles. The Morgan fingerprint density at radius 2 is 0.884 bits per heavy atom. The van der Waals surface area contributed by atoms with E-state index < -0.39 is 181 Å². The van der Waals surface area contributed by atoms with Crippen molar-refractivity contribution in [2.24, 2.45) is 17.4 Å². The van der Waals surface area contributed by atoms with E-state index in [4.69, 9.17) is 11.5 Å². The van der Waals surface area contributed by atoms with Crippen molar-refractivity contribution in [1.29, 1.82) is 0 Å². The van der Waals surface area contributed by atoms with Crippen LogP contribution in [0.3, 0.4) is 0 Å². The van der Waals surface area contributed by atoms with Crippen molar-refractivity contribution in [3.8, 4) is 11.5 Å². The molecule has 0 fully saturated rings. The Kier molecular flexibility index (Phi) is 40.1. The van der Waals surface area contributed by atoms with Crippen LogP contribution in [0.2, 0.25) is 0 Å². The fourth-order valence-corrected chi connectivity index (χ4v) is 15.2. The van der Waals surface area contributed by atoms with E-state index in [0.29, 0.717) is 57.1 Å². The summed E-state index contributed by atoms with van der Waals surface area (Å²) < 4.78 is 0. The van der Waals surface area contributed by atoms with E-state index in [0.717, 1.165) is 33.4 Å². The van der Waals surface area contributed by atoms with Gasteiger partial charge in [0, 0.05) is 103 Å². The minimum atomic E-state index is -2.02. The van der Waals surface area contributed by atoms with Gasteiger partial charge in [-0.25, -0.2) is 0 Å². The van der Waals surface area contributed by atoms with E-state index in [-0.39, 0.29) is 93.3 Å². The maximum Gasteiger partial charge on any atom is 0.305 e. The number of aliphatic hydroxyl groups excluding tert-OH is 1. The first-order chi connectivity index (χ1) is 61.3. The number of aliphatic carboxylic acids is 1. The third-order valence-corrected chi connectivity index (χ3v) is 22.4. The van der Waals surface area contributed by atoms with Crippen molar-refractivity contribution in [1.82, 2.24) is 72.0 Å². The molecule has 37 heteroatoms. The topological polar surface area (TPSA) is 534 Å². The van der Waals surface area contributed by atoms with Crippen molar-refractivity contribution in [3.63, 3.8) is 0 Å². The lowest BCUT2D eigenvalue weighted by Crippen LogP contribution is -2.62. The standard InChI is InChI=1S/C92H118N16O20S/c1-10-11-31-73(106(7)91(127)75(47-59-27-19-14-20-28-59)108(9)89(125)72(44-57-23-15-12-16-24-57)99-80(116)54-129-41-40-77(113)96-51-76(93)112)90(126)105(6)53-79(115)98-70(49-81(117)118)86(122)103-82(56(4)109)92(128)107(8)74(46-58-25-17-13-18-26-58)87(123)102-71(45-61-34-38-64(111)39-35-61)88(124)104(5)52-78(114)97-69(48-62-50-95-66-30-22-21-29-65(62)66)85(121)101-68(43-60-32-36-63(110)37-33-60)84(120)100-67(83(94)119)42-55(2)3/h12-30,32-39,50,55-56,67-75,82,95,109-111H,10-11,31,40-49,51-54H2,1-9H3,(H2,93,112)(H2,94,119)(H,96,113)(H,97,114)(H,98,115)(H,99,116)(H,100,120)(H,101,121)(H,102,123)(H,103,122)(H,117,118)/t56-,67+,68+,69+,70+,71+,72+,73+,74+,75+,82+/m1/s1. The predicted molar refractivity (Wildman–Crippen MR) is 481 cm³/mol. The van der Waals surface area contributed by atoms with Gasteiger partial charge in [0.15, 0.2) is 0 Å². The number of nitrogens with two attached hydrogens (primary N) is 2. The van der Waals surface area contributed by atoms with Crippen LogP contribution >= 0.6 is 11.8 Å². The van der Waals surface area contributed by atoms with E-state index in [1.54, 1.807) is 121 Å². The number of likely N-dealkylation sites (N-methyl/N-ethyl adjacent to an activating group) is 5. The second kappa shape index (κ2) is 50.6. The zero-order chi connectivity index (χ0) is 94.7. The molecule has 0 unspecified atom stereocenters. The molecule has 1 aromatic heterocycles. The Hall–Kier alpha value is -13.7. The number of primary amides is 2. The summed E-state index contributed by atoms with van der Waals surface area (Å²) in [6, 6.07) is 29.2. The lowest BCUT2D eigenvalue weighted by atomic mass is 9.99. The van der Waals surface area contributed by atoms with Gasteiger partial charge in [-0.15, -0.1) is 0 Å². The molecule has 0 aliphatic carbocycles. The molecule has 7 aromatic rings. The highest BCUT2D eigenvalue weighted by Gasteiger charge is 2.42. The van der Waals surface area contributed by atoms with Crippen LogP contribution in [0.25, 0.3) is 10.9 Å². The summed E-state index contributed by atoms with van der Waals surface area (Å²) in [5.41, 5.74) is 14.7. The summed E-state index contributed by atoms with van der Waals surface area (Å²) in [5, 5.41) is 63.4. The van der Waals surface area contributed by atoms with Crippen LogP contribution in [-0.4, -0.2) is 277 Å². The number of unbranched alkanes of at least 4 members (excludes halogenated alkanes) is 1. The number of aromatic hydroxyl groups is 2. The van der Waals surface area contributed by atoms with Crippen LogP contribution in [0.1, 0.15) is 99.6 Å². The van der Waals surface area contributed by atoms with Gasteiger partial charge in [0.1, 0.15) is 71.9 Å². The van der Waals surface area contributed by atoms with E-state index in [1.165, 1.54) is 93.6 Å². The average molecular weight is 1800 g/mol. The number of carboxylic acid groups (broad SMARTS) is 1. The van der Waals surface area contributed by atoms with Crippen LogP contribution in [0.4, 0.5) is 0 Å². The van der Waals surface area contributed by atoms with Crippen molar-refractivity contribution in [3.05, 3.63) is 203 Å². The summed E-state index contributed by atoms with van der Waals surface area (Å²) in [6.45, 7) is 4.63. The number of H-pyrrole nitrogens is 1. The largest absolute Gasteiger partial charge is 0.508 e. The Bertz CT molecular complexity index is 5010. The summed E-state index contributed by atoms with van der Waals surface area (Å²) in [5.74, 6) is -14.7. The van der Waals surface area contributed by atoms with Gasteiger partial charge in [-0.2, -0.15) is 11.8 Å². The van der Waals surface area contributed by atoms with Crippen molar-refractivity contribution in [2.75, 3.05) is 66.4 Å². The highest BCUT2D eigenvalue weighted by atomic mass is 32.2. The minimum Gasteiger partial charge on any atom is -0.508 e. The quantitative estimate of drug-likeness (QED) is 0.0240. The maximum atomic E-state index is 15.3. The summed E-state index contributed by atoms with van der Waals surface area (Å²) in [7, 11) is 6.42. The number of aromatic amines is 1. The van der Waals surface area contributed by atoms with Crippen LogP contribution < -0.4 is 54.0 Å². The number of nitrogens with one attached hydrogen (secondary N) is 9. The summed E-state index contributed by atoms with van der Waals surface area (Å²) in [4.78, 5) is 234. The number of hydrogen-bond acceptors (Lipinski definition) is 20. The summed E-state index contributed by atoms with van der Waals surface area (Å²) >= 11 is 1.10. The predicted octanol–water partition coefficient (Wildman–Crippen LogP) is 1.43. The van der Waals surface area contributed by atoms with Crippen LogP contribution in [0.5, 0.6) is 11.5 Å². The van der Waals surface area contributed by atoms with Gasteiger partial charge in [-0.1, -0.05) is 167 Å². The molecule has 692 valence electrons. The van der Waals surface area contributed by atoms with Crippen LogP contribution in [0, 0.1) is 5.92 Å². The van der Waals surface area contributed by atoms with Crippen molar-refractivity contribution >= 4 is 117 Å². The number of nitrogens with zero attached hydrogens (tertiary/aromatic N) is 5. The molecule has 36 nitrogen and oxygen atoms in total. The monoisotopic (exact) mass is 1800 g/mol. The molecule has 7 rings (SSSR count). The first-order valence-corrected chi connectivity index (χ1v) is 43.4. The maximum absolute atomic E-state index is 15.3. The van der Waals surface area contributed by atoms with Gasteiger partial charge >= 0.3 is 5.97 Å². The third kappa shape index (κ3) is 32.6. The molecule has 129 heavy (non-hydrogen) atoms. The van der Waals surface area contributed by atoms with Crippen LogP contribution in [-0.2, 0) is 115 Å². The van der Waals surface area contributed by atoms with Gasteiger partial charge in [0.2, 0.25) is 88.6 Å². The molecule has 1 heterocycles. The second-order valence-corrected chi connectivity index (χ2v) is 33.4. The zero-order valence-electron chi connectivity index (χ0n) is 73.7. The normalized spacial score (nSPS) is 13.7. The minimum absolute atomic E-state index is 0.00947. The van der Waals surface area contributed by atoms with Crippen LogP contribution in [0.15, 0.2) is 170 Å². The molecule has 0 bridgehead atoms. The fraction of sp³-hybridized carbons (Fsp3) is 0.413. The molecule has 11 atom stereocenters. The first-order valence-electron chi connectivity index (χ1n) is 42.2. The number of phenolic OH excluding ortho intramolecular Hbond substituents is 2. The van der Waals surface area contributed by atoms with Crippen molar-refractivity contribution in [2.45, 2.75) is 171 Å². The highest BCUT2D eigenvalue weighted by Crippen LogP contribution is 2.24. The second-order valence-electron chi connectivity index (χ2n) is 32.2. The Balaban J connectivity index is 1.09. The fourth-order valence-electron chi connectivity index (χ4n) is 14.4. The van der Waals surface area contributed by atoms with Gasteiger partial charge in [0.05, 0.1) is 37.9 Å². The zero-order valence-corrected chi connectivity index (χ0v) is 74.6. The Morgan fingerprint density at radius 3 is 1.40 bits per heavy atom. The lowest BCUT2D eigenvalue weighted by Gasteiger charge is -2.37. The molecule has 15 amide bonds.